The monoisotopic (exact) mass is 421 g/mol. The predicted octanol–water partition coefficient (Wildman–Crippen LogP) is 5.33. The van der Waals surface area contributed by atoms with Gasteiger partial charge in [-0.3, -0.25) is 0 Å². The number of aryl methyl sites for hydroxylation is 1. The molecule has 0 spiro atoms. The van der Waals surface area contributed by atoms with Crippen molar-refractivity contribution in [3.05, 3.63) is 101 Å². The van der Waals surface area contributed by atoms with Crippen molar-refractivity contribution in [3.8, 4) is 6.07 Å². The highest BCUT2D eigenvalue weighted by Gasteiger charge is 2.14. The maximum absolute atomic E-state index is 12.2. The van der Waals surface area contributed by atoms with E-state index < -0.39 is 6.03 Å². The van der Waals surface area contributed by atoms with Crippen LogP contribution >= 0.6 is 0 Å². The number of benzene rings is 3. The Morgan fingerprint density at radius 3 is 2.56 bits per heavy atom. The van der Waals surface area contributed by atoms with Crippen LogP contribution in [0.4, 0.5) is 10.5 Å². The third-order valence-electron chi connectivity index (χ3n) is 5.50. The van der Waals surface area contributed by atoms with Gasteiger partial charge in [0.15, 0.2) is 0 Å². The molecule has 3 aromatic carbocycles. The first-order valence-electron chi connectivity index (χ1n) is 10.3. The fourth-order valence-corrected chi connectivity index (χ4v) is 3.78. The van der Waals surface area contributed by atoms with Gasteiger partial charge in [-0.2, -0.15) is 10.4 Å². The maximum Gasteiger partial charge on any atom is 0.339 e. The van der Waals surface area contributed by atoms with Gasteiger partial charge in [0, 0.05) is 34.4 Å². The maximum atomic E-state index is 12.2. The number of aromatic nitrogens is 1. The largest absolute Gasteiger partial charge is 0.340 e. The van der Waals surface area contributed by atoms with E-state index in [0.717, 1.165) is 39.0 Å². The van der Waals surface area contributed by atoms with Crippen molar-refractivity contribution in [2.24, 2.45) is 5.10 Å². The molecular formula is C26H23N5O. The Balaban J connectivity index is 1.59. The highest BCUT2D eigenvalue weighted by Crippen LogP contribution is 2.26. The molecule has 1 aromatic heterocycles. The Bertz CT molecular complexity index is 1360. The number of nitrogens with zero attached hydrogens (tertiary/aromatic N) is 3. The summed E-state index contributed by atoms with van der Waals surface area (Å²) < 4.78 is 2.17. The quantitative estimate of drug-likeness (QED) is 0.337. The molecule has 6 heteroatoms. The number of rotatable bonds is 5. The molecule has 0 fully saturated rings. The number of nitrogens with one attached hydrogen (secondary N) is 2. The molecular weight excluding hydrogens is 398 g/mol. The zero-order valence-electron chi connectivity index (χ0n) is 18.0. The van der Waals surface area contributed by atoms with Gasteiger partial charge in [-0.05, 0) is 43.2 Å². The number of hydrazone groups is 1. The molecule has 0 unspecified atom stereocenters. The van der Waals surface area contributed by atoms with Gasteiger partial charge in [0.2, 0.25) is 0 Å². The van der Waals surface area contributed by atoms with E-state index in [1.807, 2.05) is 86.6 Å². The predicted molar refractivity (Wildman–Crippen MR) is 128 cm³/mol. The summed E-state index contributed by atoms with van der Waals surface area (Å²) in [5, 5.41) is 17.5. The Morgan fingerprint density at radius 1 is 1.03 bits per heavy atom. The number of carbonyl (C=O) groups is 1. The van der Waals surface area contributed by atoms with Crippen LogP contribution in [0.15, 0.2) is 77.9 Å². The molecule has 0 aliphatic carbocycles. The average Bonchev–Trinajstić information content (AvgIpc) is 3.07. The van der Waals surface area contributed by atoms with Crippen LogP contribution in [0, 0.1) is 25.2 Å². The average molecular weight is 422 g/mol. The highest BCUT2D eigenvalue weighted by molar-refractivity contribution is 6.01. The van der Waals surface area contributed by atoms with E-state index in [9.17, 15) is 10.1 Å². The Labute approximate surface area is 186 Å². The van der Waals surface area contributed by atoms with Gasteiger partial charge in [0.05, 0.1) is 17.8 Å². The number of carbonyl (C=O) groups excluding carboxylic acids is 1. The van der Waals surface area contributed by atoms with E-state index in [4.69, 9.17) is 0 Å². The SMILES string of the molecule is Cc1ccccc1NC(=O)NN=Cc1c(C)n(Cc2ccccc2C#N)c2ccccc12. The molecule has 0 aliphatic rings. The van der Waals surface area contributed by atoms with Crippen molar-refractivity contribution in [1.82, 2.24) is 9.99 Å². The van der Waals surface area contributed by atoms with Crippen molar-refractivity contribution >= 4 is 28.8 Å². The number of anilines is 1. The lowest BCUT2D eigenvalue weighted by Gasteiger charge is -2.10. The smallest absolute Gasteiger partial charge is 0.339 e. The minimum absolute atomic E-state index is 0.403. The lowest BCUT2D eigenvalue weighted by atomic mass is 10.1. The first-order valence-corrected chi connectivity index (χ1v) is 10.3. The van der Waals surface area contributed by atoms with Crippen LogP contribution in [0.3, 0.4) is 0 Å². The minimum Gasteiger partial charge on any atom is -0.340 e. The molecule has 2 amide bonds. The second kappa shape index (κ2) is 9.19. The van der Waals surface area contributed by atoms with Crippen LogP contribution in [0.2, 0.25) is 0 Å². The lowest BCUT2D eigenvalue weighted by molar-refractivity contribution is 0.252. The van der Waals surface area contributed by atoms with E-state index in [-0.39, 0.29) is 0 Å². The zero-order chi connectivity index (χ0) is 22.5. The molecule has 158 valence electrons. The van der Waals surface area contributed by atoms with Crippen molar-refractivity contribution in [3.63, 3.8) is 0 Å². The van der Waals surface area contributed by atoms with Crippen LogP contribution in [0.5, 0.6) is 0 Å². The van der Waals surface area contributed by atoms with E-state index in [1.165, 1.54) is 0 Å². The summed E-state index contributed by atoms with van der Waals surface area (Å²) in [6, 6.07) is 25.1. The Morgan fingerprint density at radius 2 is 1.75 bits per heavy atom. The van der Waals surface area contributed by atoms with Crippen LogP contribution in [0.1, 0.15) is 27.9 Å². The molecule has 4 rings (SSSR count). The number of nitriles is 1. The number of fused-ring (bicyclic) bond motifs is 1. The van der Waals surface area contributed by atoms with E-state index in [2.05, 4.69) is 26.5 Å². The summed E-state index contributed by atoms with van der Waals surface area (Å²) in [6.45, 7) is 4.52. The standard InChI is InChI=1S/C26H23N5O/c1-18-9-3-7-13-24(18)29-26(32)30-28-16-23-19(2)31(25-14-8-6-12-22(23)25)17-21-11-5-4-10-20(21)15-27/h3-14,16H,17H2,1-2H3,(H2,29,30,32). The number of hydrogen-bond donors (Lipinski definition) is 2. The van der Waals surface area contributed by atoms with Gasteiger partial charge in [-0.1, -0.05) is 54.6 Å². The van der Waals surface area contributed by atoms with E-state index >= 15 is 0 Å². The molecule has 0 atom stereocenters. The summed E-state index contributed by atoms with van der Waals surface area (Å²) in [5.74, 6) is 0. The van der Waals surface area contributed by atoms with E-state index in [0.29, 0.717) is 12.1 Å². The summed E-state index contributed by atoms with van der Waals surface area (Å²) in [7, 11) is 0. The molecule has 0 saturated heterocycles. The molecule has 4 aromatic rings. The van der Waals surface area contributed by atoms with Crippen molar-refractivity contribution < 1.29 is 4.79 Å². The first-order chi connectivity index (χ1) is 15.6. The van der Waals surface area contributed by atoms with Crippen LogP contribution in [-0.2, 0) is 6.54 Å². The fraction of sp³-hybridized carbons (Fsp3) is 0.115. The Kier molecular flexibility index (Phi) is 6.00. The second-order valence-corrected chi connectivity index (χ2v) is 7.51. The van der Waals surface area contributed by atoms with Gasteiger partial charge in [0.25, 0.3) is 0 Å². The molecule has 6 nitrogen and oxygen atoms in total. The van der Waals surface area contributed by atoms with Crippen LogP contribution < -0.4 is 10.7 Å². The summed E-state index contributed by atoms with van der Waals surface area (Å²) in [6.07, 6.45) is 1.67. The highest BCUT2D eigenvalue weighted by atomic mass is 16.2. The number of urea groups is 1. The molecule has 2 N–H and O–H groups in total. The fourth-order valence-electron chi connectivity index (χ4n) is 3.78. The third kappa shape index (κ3) is 4.23. The number of amides is 2. The molecule has 32 heavy (non-hydrogen) atoms. The van der Waals surface area contributed by atoms with Gasteiger partial charge in [-0.25, -0.2) is 10.2 Å². The minimum atomic E-state index is -0.403. The lowest BCUT2D eigenvalue weighted by Crippen LogP contribution is -2.24. The number of para-hydroxylation sites is 2. The van der Waals surface area contributed by atoms with Crippen LogP contribution in [-0.4, -0.2) is 16.8 Å². The van der Waals surface area contributed by atoms with Gasteiger partial charge >= 0.3 is 6.03 Å². The molecule has 1 heterocycles. The van der Waals surface area contributed by atoms with Crippen molar-refractivity contribution in [2.45, 2.75) is 20.4 Å². The summed E-state index contributed by atoms with van der Waals surface area (Å²) in [5.41, 5.74) is 8.85. The second-order valence-electron chi connectivity index (χ2n) is 7.51. The van der Waals surface area contributed by atoms with Crippen molar-refractivity contribution in [1.29, 1.82) is 5.26 Å². The van der Waals surface area contributed by atoms with Gasteiger partial charge in [0.1, 0.15) is 0 Å². The normalized spacial score (nSPS) is 10.9. The Hall–Kier alpha value is -4.37. The molecule has 0 radical (unpaired) electrons. The molecule has 0 aliphatic heterocycles. The van der Waals surface area contributed by atoms with Crippen LogP contribution in [0.25, 0.3) is 10.9 Å². The van der Waals surface area contributed by atoms with Gasteiger partial charge < -0.3 is 9.88 Å². The molecule has 0 saturated carbocycles. The van der Waals surface area contributed by atoms with Crippen molar-refractivity contribution in [2.75, 3.05) is 5.32 Å². The van der Waals surface area contributed by atoms with Gasteiger partial charge in [-0.15, -0.1) is 0 Å². The third-order valence-corrected chi connectivity index (χ3v) is 5.50. The van der Waals surface area contributed by atoms with E-state index in [1.54, 1.807) is 6.21 Å². The number of hydrogen-bond acceptors (Lipinski definition) is 3. The molecule has 0 bridgehead atoms. The summed E-state index contributed by atoms with van der Waals surface area (Å²) in [4.78, 5) is 12.2. The zero-order valence-corrected chi connectivity index (χ0v) is 18.0. The summed E-state index contributed by atoms with van der Waals surface area (Å²) >= 11 is 0. The first kappa shape index (κ1) is 20.9. The topological polar surface area (TPSA) is 82.2 Å².